The third kappa shape index (κ3) is 3.59. The molecule has 0 bridgehead atoms. The molecule has 26 heavy (non-hydrogen) atoms. The number of hydrogen-bond acceptors (Lipinski definition) is 3. The summed E-state index contributed by atoms with van der Waals surface area (Å²) in [4.78, 5) is 26.3. The Labute approximate surface area is 148 Å². The van der Waals surface area contributed by atoms with Gasteiger partial charge in [-0.05, 0) is 38.7 Å². The zero-order valence-electron chi connectivity index (χ0n) is 14.6. The molecule has 1 amide bonds. The molecule has 1 heterocycles. The van der Waals surface area contributed by atoms with Crippen molar-refractivity contribution in [3.63, 3.8) is 0 Å². The van der Waals surface area contributed by atoms with E-state index < -0.39 is 24.7 Å². The molecule has 1 aliphatic rings. The van der Waals surface area contributed by atoms with Gasteiger partial charge in [0.1, 0.15) is 6.54 Å². The van der Waals surface area contributed by atoms with Gasteiger partial charge in [-0.1, -0.05) is 18.2 Å². The van der Waals surface area contributed by atoms with E-state index in [0.717, 1.165) is 22.4 Å². The fraction of sp³-hybridized carbons (Fsp3) is 0.500. The monoisotopic (exact) mass is 367 g/mol. The summed E-state index contributed by atoms with van der Waals surface area (Å²) in [5, 5.41) is 4.63. The molecule has 1 aromatic carbocycles. The highest BCUT2D eigenvalue weighted by Gasteiger charge is 2.41. The van der Waals surface area contributed by atoms with Gasteiger partial charge in [0.25, 0.3) is 11.5 Å². The molecule has 1 atom stereocenters. The van der Waals surface area contributed by atoms with Gasteiger partial charge in [-0.3, -0.25) is 9.59 Å². The predicted molar refractivity (Wildman–Crippen MR) is 91.0 cm³/mol. The van der Waals surface area contributed by atoms with E-state index in [1.807, 2.05) is 0 Å². The van der Waals surface area contributed by atoms with Crippen molar-refractivity contribution in [3.05, 3.63) is 40.3 Å². The normalized spacial score (nSPS) is 15.9. The molecule has 1 aliphatic carbocycles. The first-order valence-corrected chi connectivity index (χ1v) is 8.60. The summed E-state index contributed by atoms with van der Waals surface area (Å²) in [7, 11) is 0. The lowest BCUT2D eigenvalue weighted by Crippen LogP contribution is -2.46. The fourth-order valence-corrected chi connectivity index (χ4v) is 3.17. The summed E-state index contributed by atoms with van der Waals surface area (Å²) in [5.74, 6) is -0.718. The molecule has 140 valence electrons. The number of carbonyl (C=O) groups excluding carboxylic acids is 1. The van der Waals surface area contributed by atoms with Crippen molar-refractivity contribution < 1.29 is 18.0 Å². The quantitative estimate of drug-likeness (QED) is 0.815. The van der Waals surface area contributed by atoms with Gasteiger partial charge in [-0.15, -0.1) is 0 Å². The molecule has 2 aromatic rings. The van der Waals surface area contributed by atoms with Gasteiger partial charge in [0, 0.05) is 18.0 Å². The van der Waals surface area contributed by atoms with E-state index in [4.69, 9.17) is 0 Å². The molecule has 0 spiro atoms. The fourth-order valence-electron chi connectivity index (χ4n) is 3.17. The van der Waals surface area contributed by atoms with Crippen LogP contribution in [0.1, 0.15) is 37.2 Å². The topological polar surface area (TPSA) is 55.2 Å². The summed E-state index contributed by atoms with van der Waals surface area (Å²) in [6.45, 7) is 2.23. The lowest BCUT2D eigenvalue weighted by molar-refractivity contribution is -0.144. The zero-order chi connectivity index (χ0) is 19.1. The van der Waals surface area contributed by atoms with Crippen LogP contribution in [-0.4, -0.2) is 39.4 Å². The maximum absolute atomic E-state index is 13.1. The molecule has 1 aromatic heterocycles. The van der Waals surface area contributed by atoms with Gasteiger partial charge in [0.2, 0.25) is 0 Å². The summed E-state index contributed by atoms with van der Waals surface area (Å²) in [6.07, 6.45) is -2.88. The van der Waals surface area contributed by atoms with Crippen molar-refractivity contribution in [1.29, 1.82) is 0 Å². The molecule has 0 radical (unpaired) electrons. The second-order valence-electron chi connectivity index (χ2n) is 6.64. The van der Waals surface area contributed by atoms with E-state index in [1.165, 1.54) is 0 Å². The highest BCUT2D eigenvalue weighted by atomic mass is 19.4. The molecule has 1 unspecified atom stereocenters. The number of hydrogen-bond donors (Lipinski definition) is 0. The highest BCUT2D eigenvalue weighted by Crippen LogP contribution is 2.37. The first-order chi connectivity index (χ1) is 12.2. The minimum Gasteiger partial charge on any atom is -0.325 e. The number of benzene rings is 1. The average Bonchev–Trinajstić information content (AvgIpc) is 3.43. The Morgan fingerprint density at radius 2 is 1.92 bits per heavy atom. The molecule has 0 aliphatic heterocycles. The minimum absolute atomic E-state index is 0.0737. The number of aryl methyl sites for hydroxylation is 1. The largest absolute Gasteiger partial charge is 0.406 e. The smallest absolute Gasteiger partial charge is 0.325 e. The van der Waals surface area contributed by atoms with E-state index in [9.17, 15) is 22.8 Å². The van der Waals surface area contributed by atoms with Crippen molar-refractivity contribution in [2.24, 2.45) is 5.92 Å². The van der Waals surface area contributed by atoms with E-state index in [1.54, 1.807) is 38.1 Å². The SMILES string of the molecule is CCn1nc(C(=O)N(CC(F)(F)F)C(C)C2CC2)c2ccccc2c1=O. The van der Waals surface area contributed by atoms with Crippen molar-refractivity contribution in [2.45, 2.75) is 45.5 Å². The number of nitrogens with zero attached hydrogens (tertiary/aromatic N) is 3. The third-order valence-corrected chi connectivity index (χ3v) is 4.78. The molecule has 0 N–H and O–H groups in total. The van der Waals surface area contributed by atoms with Crippen LogP contribution < -0.4 is 5.56 Å². The molecule has 0 saturated heterocycles. The van der Waals surface area contributed by atoms with Crippen LogP contribution in [0.25, 0.3) is 10.8 Å². The number of halogens is 3. The Balaban J connectivity index is 2.11. The van der Waals surface area contributed by atoms with Gasteiger partial charge < -0.3 is 4.90 Å². The first kappa shape index (κ1) is 18.4. The van der Waals surface area contributed by atoms with Gasteiger partial charge >= 0.3 is 6.18 Å². The molecule has 3 rings (SSSR count). The Hall–Kier alpha value is -2.38. The minimum atomic E-state index is -4.51. The second kappa shape index (κ2) is 6.74. The van der Waals surface area contributed by atoms with Crippen molar-refractivity contribution in [3.8, 4) is 0 Å². The molecule has 1 saturated carbocycles. The molecule has 5 nitrogen and oxygen atoms in total. The van der Waals surface area contributed by atoms with Crippen molar-refractivity contribution in [2.75, 3.05) is 6.54 Å². The Bertz CT molecular complexity index is 887. The number of amides is 1. The number of carbonyl (C=O) groups is 1. The van der Waals surface area contributed by atoms with Crippen molar-refractivity contribution in [1.82, 2.24) is 14.7 Å². The van der Waals surface area contributed by atoms with E-state index in [-0.39, 0.29) is 34.5 Å². The first-order valence-electron chi connectivity index (χ1n) is 8.60. The molecular weight excluding hydrogens is 347 g/mol. The van der Waals surface area contributed by atoms with Gasteiger partial charge in [0.05, 0.1) is 5.39 Å². The lowest BCUT2D eigenvalue weighted by atomic mass is 10.1. The Morgan fingerprint density at radius 3 is 2.46 bits per heavy atom. The second-order valence-corrected chi connectivity index (χ2v) is 6.64. The lowest BCUT2D eigenvalue weighted by Gasteiger charge is -2.30. The van der Waals surface area contributed by atoms with Crippen LogP contribution in [0, 0.1) is 5.92 Å². The summed E-state index contributed by atoms with van der Waals surface area (Å²) >= 11 is 0. The maximum Gasteiger partial charge on any atom is 0.406 e. The molecule has 8 heteroatoms. The van der Waals surface area contributed by atoms with Gasteiger partial charge in [0.15, 0.2) is 5.69 Å². The summed E-state index contributed by atoms with van der Waals surface area (Å²) < 4.78 is 40.4. The van der Waals surface area contributed by atoms with Crippen LogP contribution in [-0.2, 0) is 6.54 Å². The number of aromatic nitrogens is 2. The van der Waals surface area contributed by atoms with Crippen LogP contribution in [0.3, 0.4) is 0 Å². The average molecular weight is 367 g/mol. The highest BCUT2D eigenvalue weighted by molar-refractivity contribution is 6.04. The molecule has 1 fully saturated rings. The number of fused-ring (bicyclic) bond motifs is 1. The third-order valence-electron chi connectivity index (χ3n) is 4.78. The van der Waals surface area contributed by atoms with E-state index in [0.29, 0.717) is 0 Å². The van der Waals surface area contributed by atoms with E-state index in [2.05, 4.69) is 5.10 Å². The van der Waals surface area contributed by atoms with Crippen LogP contribution in [0.15, 0.2) is 29.1 Å². The summed E-state index contributed by atoms with van der Waals surface area (Å²) in [6, 6.07) is 5.85. The Kier molecular flexibility index (Phi) is 4.77. The Morgan fingerprint density at radius 1 is 1.31 bits per heavy atom. The predicted octanol–water partition coefficient (Wildman–Crippen LogP) is 3.22. The van der Waals surface area contributed by atoms with Crippen LogP contribution >= 0.6 is 0 Å². The molecular formula is C18H20F3N3O2. The van der Waals surface area contributed by atoms with Crippen molar-refractivity contribution >= 4 is 16.7 Å². The van der Waals surface area contributed by atoms with Gasteiger partial charge in [-0.25, -0.2) is 4.68 Å². The van der Waals surface area contributed by atoms with Gasteiger partial charge in [-0.2, -0.15) is 18.3 Å². The number of rotatable bonds is 5. The maximum atomic E-state index is 13.1. The van der Waals surface area contributed by atoms with Crippen LogP contribution in [0.2, 0.25) is 0 Å². The van der Waals surface area contributed by atoms with E-state index >= 15 is 0 Å². The zero-order valence-corrected chi connectivity index (χ0v) is 14.6. The van der Waals surface area contributed by atoms with Crippen LogP contribution in [0.4, 0.5) is 13.2 Å². The van der Waals surface area contributed by atoms with Crippen LogP contribution in [0.5, 0.6) is 0 Å². The number of alkyl halides is 3. The standard InChI is InChI=1S/C18H20F3N3O2/c1-3-24-16(25)14-7-5-4-6-13(14)15(22-24)17(26)23(10-18(19,20)21)11(2)12-8-9-12/h4-7,11-12H,3,8-10H2,1-2H3. The summed E-state index contributed by atoms with van der Waals surface area (Å²) in [5.41, 5.74) is -0.476.